The van der Waals surface area contributed by atoms with Gasteiger partial charge in [-0.15, -0.1) is 0 Å². The highest BCUT2D eigenvalue weighted by molar-refractivity contribution is 5.92. The van der Waals surface area contributed by atoms with Crippen LogP contribution in [-0.4, -0.2) is 43.1 Å². The number of amides is 1. The van der Waals surface area contributed by atoms with Crippen molar-refractivity contribution in [1.29, 1.82) is 0 Å². The van der Waals surface area contributed by atoms with Crippen LogP contribution in [0.4, 0.5) is 0 Å². The van der Waals surface area contributed by atoms with Crippen LogP contribution in [0.2, 0.25) is 0 Å². The van der Waals surface area contributed by atoms with E-state index in [4.69, 9.17) is 9.47 Å². The highest BCUT2D eigenvalue weighted by atomic mass is 16.6. The molecule has 1 fully saturated rings. The molecule has 152 valence electrons. The van der Waals surface area contributed by atoms with Crippen LogP contribution in [0.15, 0.2) is 60.7 Å². The molecule has 0 aliphatic carbocycles. The predicted molar refractivity (Wildman–Crippen MR) is 112 cm³/mol. The molecule has 1 heterocycles. The molecule has 0 spiro atoms. The maximum absolute atomic E-state index is 12.3. The van der Waals surface area contributed by atoms with E-state index in [-0.39, 0.29) is 24.4 Å². The minimum atomic E-state index is -0.204. The van der Waals surface area contributed by atoms with E-state index in [0.717, 1.165) is 16.9 Å². The van der Waals surface area contributed by atoms with Gasteiger partial charge in [0.25, 0.3) is 0 Å². The zero-order valence-electron chi connectivity index (χ0n) is 16.8. The third-order valence-electron chi connectivity index (χ3n) is 4.94. The van der Waals surface area contributed by atoms with E-state index in [2.05, 4.69) is 0 Å². The molecule has 0 N–H and O–H groups in total. The molecule has 5 heteroatoms. The Bertz CT molecular complexity index is 839. The summed E-state index contributed by atoms with van der Waals surface area (Å²) in [6, 6.07) is 17.5. The number of piperidine rings is 1. The molecule has 0 atom stereocenters. The molecule has 5 nitrogen and oxygen atoms in total. The van der Waals surface area contributed by atoms with Gasteiger partial charge in [-0.2, -0.15) is 0 Å². The maximum atomic E-state index is 12.3. The van der Waals surface area contributed by atoms with Crippen molar-refractivity contribution in [1.82, 2.24) is 4.90 Å². The third kappa shape index (κ3) is 6.49. The number of hydrogen-bond acceptors (Lipinski definition) is 4. The molecular weight excluding hydrogens is 366 g/mol. The second-order valence-electron chi connectivity index (χ2n) is 7.18. The van der Waals surface area contributed by atoms with E-state index in [0.29, 0.717) is 32.5 Å². The number of carbonyl (C=O) groups excluding carboxylic acids is 2. The van der Waals surface area contributed by atoms with E-state index >= 15 is 0 Å². The van der Waals surface area contributed by atoms with Crippen LogP contribution in [-0.2, 0) is 14.3 Å². The number of benzene rings is 2. The molecule has 3 rings (SSSR count). The molecule has 1 saturated heterocycles. The molecule has 2 aromatic rings. The smallest absolute Gasteiger partial charge is 0.309 e. The van der Waals surface area contributed by atoms with Crippen LogP contribution in [0, 0.1) is 12.8 Å². The van der Waals surface area contributed by atoms with Crippen LogP contribution in [0.1, 0.15) is 24.0 Å². The van der Waals surface area contributed by atoms with Crippen LogP contribution in [0.3, 0.4) is 0 Å². The zero-order valence-corrected chi connectivity index (χ0v) is 16.8. The Morgan fingerprint density at radius 3 is 2.52 bits per heavy atom. The summed E-state index contributed by atoms with van der Waals surface area (Å²) < 4.78 is 11.0. The van der Waals surface area contributed by atoms with Crippen molar-refractivity contribution in [3.05, 3.63) is 71.8 Å². The summed E-state index contributed by atoms with van der Waals surface area (Å²) in [7, 11) is 0. The molecular formula is C24H27NO4. The van der Waals surface area contributed by atoms with Gasteiger partial charge in [-0.05, 0) is 49.1 Å². The lowest BCUT2D eigenvalue weighted by atomic mass is 9.97. The van der Waals surface area contributed by atoms with Gasteiger partial charge in [-0.1, -0.05) is 42.5 Å². The predicted octanol–water partition coefficient (Wildman–Crippen LogP) is 3.87. The van der Waals surface area contributed by atoms with Gasteiger partial charge in [0.05, 0.1) is 5.92 Å². The summed E-state index contributed by atoms with van der Waals surface area (Å²) in [5.41, 5.74) is 2.12. The van der Waals surface area contributed by atoms with Crippen LogP contribution in [0.25, 0.3) is 6.08 Å². The quantitative estimate of drug-likeness (QED) is 0.407. The number of nitrogens with zero attached hydrogens (tertiary/aromatic N) is 1. The summed E-state index contributed by atoms with van der Waals surface area (Å²) >= 11 is 0. The molecule has 1 amide bonds. The number of hydrogen-bond donors (Lipinski definition) is 0. The van der Waals surface area contributed by atoms with E-state index in [9.17, 15) is 9.59 Å². The van der Waals surface area contributed by atoms with Gasteiger partial charge in [0.15, 0.2) is 0 Å². The molecule has 0 radical (unpaired) electrons. The normalized spacial score (nSPS) is 14.7. The first-order valence-corrected chi connectivity index (χ1v) is 10.00. The average Bonchev–Trinajstić information content (AvgIpc) is 2.76. The molecule has 1 aliphatic heterocycles. The van der Waals surface area contributed by atoms with Crippen molar-refractivity contribution in [2.45, 2.75) is 19.8 Å². The summed E-state index contributed by atoms with van der Waals surface area (Å²) in [6.45, 7) is 3.69. The number of likely N-dealkylation sites (tertiary alicyclic amines) is 1. The number of ether oxygens (including phenoxy) is 2. The van der Waals surface area contributed by atoms with Crippen molar-refractivity contribution < 1.29 is 19.1 Å². The van der Waals surface area contributed by atoms with Crippen LogP contribution in [0.5, 0.6) is 5.75 Å². The Morgan fingerprint density at radius 1 is 1.03 bits per heavy atom. The van der Waals surface area contributed by atoms with Gasteiger partial charge in [-0.3, -0.25) is 9.59 Å². The summed E-state index contributed by atoms with van der Waals surface area (Å²) in [5, 5.41) is 0. The fourth-order valence-electron chi connectivity index (χ4n) is 3.30. The minimum absolute atomic E-state index is 0.0211. The van der Waals surface area contributed by atoms with Gasteiger partial charge in [0.2, 0.25) is 5.91 Å². The Balaban J connectivity index is 1.35. The molecule has 2 aromatic carbocycles. The minimum Gasteiger partial charge on any atom is -0.490 e. The zero-order chi connectivity index (χ0) is 20.5. The molecule has 29 heavy (non-hydrogen) atoms. The Hall–Kier alpha value is -3.08. The number of aryl methyl sites for hydroxylation is 1. The molecule has 0 saturated carbocycles. The topological polar surface area (TPSA) is 55.8 Å². The third-order valence-corrected chi connectivity index (χ3v) is 4.94. The first-order valence-electron chi connectivity index (χ1n) is 10.00. The molecule has 0 bridgehead atoms. The maximum Gasteiger partial charge on any atom is 0.309 e. The van der Waals surface area contributed by atoms with Crippen LogP contribution < -0.4 is 4.74 Å². The largest absolute Gasteiger partial charge is 0.490 e. The van der Waals surface area contributed by atoms with E-state index in [1.54, 1.807) is 11.0 Å². The second kappa shape index (κ2) is 10.5. The first kappa shape index (κ1) is 20.6. The first-order chi connectivity index (χ1) is 14.1. The molecule has 0 unspecified atom stereocenters. The Kier molecular flexibility index (Phi) is 7.45. The Labute approximate surface area is 171 Å². The van der Waals surface area contributed by atoms with Gasteiger partial charge < -0.3 is 14.4 Å². The summed E-state index contributed by atoms with van der Waals surface area (Å²) in [5.74, 6) is 0.393. The van der Waals surface area contributed by atoms with Crippen molar-refractivity contribution in [2.75, 3.05) is 26.3 Å². The average molecular weight is 393 g/mol. The SMILES string of the molecule is Cc1cccc(OCCOC(=O)C2CCN(C(=O)/C=C/c3ccccc3)CC2)c1. The van der Waals surface area contributed by atoms with Gasteiger partial charge >= 0.3 is 5.97 Å². The fraction of sp³-hybridized carbons (Fsp3) is 0.333. The standard InChI is InChI=1S/C24H27NO4/c1-19-6-5-9-22(18-19)28-16-17-29-24(27)21-12-14-25(15-13-21)23(26)11-10-20-7-3-2-4-8-20/h2-11,18,21H,12-17H2,1H3/b11-10+. The number of esters is 1. The number of carbonyl (C=O) groups is 2. The van der Waals surface area contributed by atoms with E-state index in [1.165, 1.54) is 0 Å². The second-order valence-corrected chi connectivity index (χ2v) is 7.18. The van der Waals surface area contributed by atoms with Gasteiger partial charge in [0.1, 0.15) is 19.0 Å². The van der Waals surface area contributed by atoms with Crippen LogP contribution >= 0.6 is 0 Å². The fourth-order valence-corrected chi connectivity index (χ4v) is 3.30. The summed E-state index contributed by atoms with van der Waals surface area (Å²) in [4.78, 5) is 26.4. The molecule has 1 aliphatic rings. The number of rotatable bonds is 7. The van der Waals surface area contributed by atoms with Crippen molar-refractivity contribution in [3.63, 3.8) is 0 Å². The lowest BCUT2D eigenvalue weighted by Gasteiger charge is -2.30. The van der Waals surface area contributed by atoms with Gasteiger partial charge in [-0.25, -0.2) is 0 Å². The Morgan fingerprint density at radius 2 is 1.79 bits per heavy atom. The highest BCUT2D eigenvalue weighted by Crippen LogP contribution is 2.19. The highest BCUT2D eigenvalue weighted by Gasteiger charge is 2.27. The molecule has 0 aromatic heterocycles. The van der Waals surface area contributed by atoms with Gasteiger partial charge in [0, 0.05) is 19.2 Å². The van der Waals surface area contributed by atoms with Crippen molar-refractivity contribution in [3.8, 4) is 5.75 Å². The van der Waals surface area contributed by atoms with E-state index in [1.807, 2.05) is 67.6 Å². The van der Waals surface area contributed by atoms with Crippen molar-refractivity contribution >= 4 is 18.0 Å². The summed E-state index contributed by atoms with van der Waals surface area (Å²) in [6.07, 6.45) is 4.67. The lowest BCUT2D eigenvalue weighted by molar-refractivity contribution is -0.152. The van der Waals surface area contributed by atoms with E-state index < -0.39 is 0 Å². The monoisotopic (exact) mass is 393 g/mol. The lowest BCUT2D eigenvalue weighted by Crippen LogP contribution is -2.40. The van der Waals surface area contributed by atoms with Crippen molar-refractivity contribution in [2.24, 2.45) is 5.92 Å².